The Morgan fingerprint density at radius 3 is 1.74 bits per heavy atom. The van der Waals surface area contributed by atoms with E-state index in [1.54, 1.807) is 61.7 Å². The standard InChI is InChI=1S/C15H12O3.BrH/c1-18-13-9-7-12(8-10-13)15(17)14(16)11-5-3-2-4-6-11;/h2-10H,1H3;1H. The lowest BCUT2D eigenvalue weighted by molar-refractivity contribution is 0.0817. The lowest BCUT2D eigenvalue weighted by atomic mass is 10.0. The van der Waals surface area contributed by atoms with Gasteiger partial charge in [-0.15, -0.1) is 17.0 Å². The summed E-state index contributed by atoms with van der Waals surface area (Å²) in [5.41, 5.74) is 0.767. The molecule has 0 unspecified atom stereocenters. The van der Waals surface area contributed by atoms with Crippen LogP contribution in [0.15, 0.2) is 54.6 Å². The smallest absolute Gasteiger partial charge is 0.233 e. The quantitative estimate of drug-likeness (QED) is 0.641. The minimum absolute atomic E-state index is 0. The van der Waals surface area contributed by atoms with E-state index >= 15 is 0 Å². The normalized spacial score (nSPS) is 9.32. The second-order valence-corrected chi connectivity index (χ2v) is 3.75. The van der Waals surface area contributed by atoms with Crippen molar-refractivity contribution in [1.29, 1.82) is 0 Å². The summed E-state index contributed by atoms with van der Waals surface area (Å²) in [5, 5.41) is 0. The third-order valence-corrected chi connectivity index (χ3v) is 2.59. The molecular weight excluding hydrogens is 308 g/mol. The van der Waals surface area contributed by atoms with Crippen molar-refractivity contribution < 1.29 is 14.3 Å². The molecule has 3 nitrogen and oxygen atoms in total. The first-order chi connectivity index (χ1) is 8.72. The number of rotatable bonds is 4. The van der Waals surface area contributed by atoms with Gasteiger partial charge in [-0.2, -0.15) is 0 Å². The van der Waals surface area contributed by atoms with Gasteiger partial charge in [0, 0.05) is 11.1 Å². The summed E-state index contributed by atoms with van der Waals surface area (Å²) in [6, 6.07) is 15.0. The Bertz CT molecular complexity index is 562. The van der Waals surface area contributed by atoms with E-state index in [9.17, 15) is 9.59 Å². The minimum atomic E-state index is -0.510. The summed E-state index contributed by atoms with van der Waals surface area (Å²) in [5.74, 6) is -0.358. The molecule has 0 bridgehead atoms. The summed E-state index contributed by atoms with van der Waals surface area (Å²) < 4.78 is 5.00. The molecule has 0 atom stereocenters. The fourth-order valence-electron chi connectivity index (χ4n) is 1.59. The predicted octanol–water partition coefficient (Wildman–Crippen LogP) is 3.34. The molecule has 2 aromatic carbocycles. The number of benzene rings is 2. The van der Waals surface area contributed by atoms with E-state index in [1.165, 1.54) is 0 Å². The highest BCUT2D eigenvalue weighted by molar-refractivity contribution is 8.93. The van der Waals surface area contributed by atoms with Gasteiger partial charge in [0.1, 0.15) is 5.75 Å². The highest BCUT2D eigenvalue weighted by atomic mass is 79.9. The number of Topliss-reactive ketones (excluding diaryl/α,β-unsaturated/α-hetero) is 2. The topological polar surface area (TPSA) is 43.4 Å². The molecule has 0 spiro atoms. The fraction of sp³-hybridized carbons (Fsp3) is 0.0667. The first-order valence-electron chi connectivity index (χ1n) is 5.50. The number of ether oxygens (including phenoxy) is 1. The van der Waals surface area contributed by atoms with Gasteiger partial charge in [0.25, 0.3) is 0 Å². The van der Waals surface area contributed by atoms with Crippen LogP contribution in [0.2, 0.25) is 0 Å². The third-order valence-electron chi connectivity index (χ3n) is 2.59. The van der Waals surface area contributed by atoms with Crippen LogP contribution in [0.5, 0.6) is 5.75 Å². The zero-order valence-corrected chi connectivity index (χ0v) is 12.0. The molecule has 0 aliphatic heterocycles. The zero-order chi connectivity index (χ0) is 13.0. The SMILES string of the molecule is Br.COc1ccc(C(=O)C(=O)c2ccccc2)cc1. The molecule has 0 fully saturated rings. The lowest BCUT2D eigenvalue weighted by Crippen LogP contribution is -2.14. The first-order valence-corrected chi connectivity index (χ1v) is 5.50. The van der Waals surface area contributed by atoms with Crippen molar-refractivity contribution >= 4 is 28.5 Å². The monoisotopic (exact) mass is 320 g/mol. The summed E-state index contributed by atoms with van der Waals surface area (Å²) in [4.78, 5) is 23.9. The molecule has 0 saturated carbocycles. The van der Waals surface area contributed by atoms with Gasteiger partial charge >= 0.3 is 0 Å². The number of hydrogen-bond donors (Lipinski definition) is 0. The van der Waals surface area contributed by atoms with Gasteiger partial charge in [-0.05, 0) is 24.3 Å². The van der Waals surface area contributed by atoms with Crippen molar-refractivity contribution in [1.82, 2.24) is 0 Å². The number of halogens is 1. The molecule has 0 heterocycles. The maximum Gasteiger partial charge on any atom is 0.233 e. The Morgan fingerprint density at radius 1 is 0.789 bits per heavy atom. The molecule has 2 rings (SSSR count). The molecule has 0 N–H and O–H groups in total. The van der Waals surface area contributed by atoms with Crippen molar-refractivity contribution in [2.75, 3.05) is 7.11 Å². The number of carbonyl (C=O) groups excluding carboxylic acids is 2. The lowest BCUT2D eigenvalue weighted by Gasteiger charge is -2.02. The maximum atomic E-state index is 12.0. The third kappa shape index (κ3) is 3.51. The largest absolute Gasteiger partial charge is 0.497 e. The average molecular weight is 321 g/mol. The molecule has 0 aliphatic carbocycles. The molecule has 0 amide bonds. The van der Waals surface area contributed by atoms with Crippen LogP contribution in [-0.4, -0.2) is 18.7 Å². The van der Waals surface area contributed by atoms with Crippen LogP contribution in [0.3, 0.4) is 0 Å². The van der Waals surface area contributed by atoms with Crippen molar-refractivity contribution in [2.45, 2.75) is 0 Å². The molecule has 0 saturated heterocycles. The predicted molar refractivity (Wildman–Crippen MR) is 78.4 cm³/mol. The number of ketones is 2. The highest BCUT2D eigenvalue weighted by Gasteiger charge is 2.17. The Morgan fingerprint density at radius 2 is 1.26 bits per heavy atom. The van der Waals surface area contributed by atoms with Crippen molar-refractivity contribution in [3.8, 4) is 5.75 Å². The van der Waals surface area contributed by atoms with Crippen LogP contribution in [0, 0.1) is 0 Å². The van der Waals surface area contributed by atoms with E-state index < -0.39 is 11.6 Å². The van der Waals surface area contributed by atoms with Crippen molar-refractivity contribution in [2.24, 2.45) is 0 Å². The molecule has 19 heavy (non-hydrogen) atoms. The van der Waals surface area contributed by atoms with Crippen LogP contribution in [-0.2, 0) is 0 Å². The molecule has 0 aliphatic rings. The first kappa shape index (κ1) is 15.1. The van der Waals surface area contributed by atoms with Crippen LogP contribution in [0.4, 0.5) is 0 Å². The maximum absolute atomic E-state index is 12.0. The van der Waals surface area contributed by atoms with Gasteiger partial charge in [0.2, 0.25) is 11.6 Å². The average Bonchev–Trinajstić information content (AvgIpc) is 2.47. The molecule has 4 heteroatoms. The zero-order valence-electron chi connectivity index (χ0n) is 10.3. The van der Waals surface area contributed by atoms with Crippen LogP contribution in [0.25, 0.3) is 0 Å². The Labute approximate surface area is 122 Å². The van der Waals surface area contributed by atoms with Gasteiger partial charge in [-0.25, -0.2) is 0 Å². The molecule has 2 aromatic rings. The number of carbonyl (C=O) groups is 2. The molecule has 98 valence electrons. The van der Waals surface area contributed by atoms with Crippen molar-refractivity contribution in [3.05, 3.63) is 65.7 Å². The highest BCUT2D eigenvalue weighted by Crippen LogP contribution is 2.13. The molecule has 0 aromatic heterocycles. The van der Waals surface area contributed by atoms with E-state index in [1.807, 2.05) is 0 Å². The minimum Gasteiger partial charge on any atom is -0.497 e. The van der Waals surface area contributed by atoms with Gasteiger partial charge in [-0.1, -0.05) is 30.3 Å². The summed E-state index contributed by atoms with van der Waals surface area (Å²) in [6.45, 7) is 0. The van der Waals surface area contributed by atoms with Gasteiger partial charge < -0.3 is 4.74 Å². The number of methoxy groups -OCH3 is 1. The van der Waals surface area contributed by atoms with E-state index in [2.05, 4.69) is 0 Å². The van der Waals surface area contributed by atoms with E-state index in [0.29, 0.717) is 16.9 Å². The fourth-order valence-corrected chi connectivity index (χ4v) is 1.59. The van der Waals surface area contributed by atoms with Crippen LogP contribution < -0.4 is 4.74 Å². The Hall–Kier alpha value is -1.94. The Kier molecular flexibility index (Phi) is 5.45. The molecule has 0 radical (unpaired) electrons. The second-order valence-electron chi connectivity index (χ2n) is 3.75. The van der Waals surface area contributed by atoms with E-state index in [-0.39, 0.29) is 17.0 Å². The summed E-state index contributed by atoms with van der Waals surface area (Å²) >= 11 is 0. The second kappa shape index (κ2) is 6.85. The number of hydrogen-bond acceptors (Lipinski definition) is 3. The molecular formula is C15H13BrO3. The van der Waals surface area contributed by atoms with Crippen LogP contribution in [0.1, 0.15) is 20.7 Å². The summed E-state index contributed by atoms with van der Waals surface area (Å²) in [6.07, 6.45) is 0. The van der Waals surface area contributed by atoms with E-state index in [0.717, 1.165) is 0 Å². The van der Waals surface area contributed by atoms with Gasteiger partial charge in [0.15, 0.2) is 0 Å². The van der Waals surface area contributed by atoms with Gasteiger partial charge in [0.05, 0.1) is 7.11 Å². The Balaban J connectivity index is 0.00000180. The van der Waals surface area contributed by atoms with Crippen molar-refractivity contribution in [3.63, 3.8) is 0 Å². The summed E-state index contributed by atoms with van der Waals surface area (Å²) in [7, 11) is 1.55. The van der Waals surface area contributed by atoms with Crippen LogP contribution >= 0.6 is 17.0 Å². The van der Waals surface area contributed by atoms with Gasteiger partial charge in [-0.3, -0.25) is 9.59 Å². The van der Waals surface area contributed by atoms with E-state index in [4.69, 9.17) is 4.74 Å².